The Balaban J connectivity index is 1.19. The van der Waals surface area contributed by atoms with Gasteiger partial charge in [-0.1, -0.05) is 0 Å². The average molecular weight is 2310 g/mol. The molecule has 3 aromatic rings. The molecule has 6 aliphatic rings. The lowest BCUT2D eigenvalue weighted by Gasteiger charge is -2.44. The van der Waals surface area contributed by atoms with E-state index in [1.54, 1.807) is 50.2 Å². The Morgan fingerprint density at radius 3 is 0.585 bits per heavy atom. The zero-order valence-corrected chi connectivity index (χ0v) is 70.6. The van der Waals surface area contributed by atoms with Gasteiger partial charge in [-0.05, 0) is 224 Å². The molecular formula is C58H67I9N12O15. The van der Waals surface area contributed by atoms with Crippen LogP contribution in [0.4, 0.5) is 31.4 Å². The standard InChI is InChI=1S/C58H67I9N12O15/c1-4-77(55(86)68-46-40(62)31(49(80)71-7-19-89-20-8-71)37(59)32(41(46)63)50(81)72-9-21-90-22-10-72)58(78(5-2)56(87)69-47-42(64)33(51(82)73-11-23-91-24-12-73)38(60)34(43(47)65)52(83)74-13-25-92-26-14-74)79(6-3)57(88)70-48-44(66)35(53(84)75-15-27-93-28-16-75)39(61)36(45(48)67)54(85)76-17-29-94-30-18-76/h58H,4-30H2,1-3H3,(H,68,86)(H,69,87)(H,70,88). The maximum absolute atomic E-state index is 16.0. The van der Waals surface area contributed by atoms with Crippen molar-refractivity contribution < 1.29 is 71.6 Å². The third-order valence-electron chi connectivity index (χ3n) is 16.4. The second-order valence-electron chi connectivity index (χ2n) is 21.6. The number of nitrogens with zero attached hydrogens (tertiary/aromatic N) is 9. The van der Waals surface area contributed by atoms with Gasteiger partial charge in [0.2, 0.25) is 0 Å². The van der Waals surface area contributed by atoms with E-state index < -0.39 is 24.4 Å². The van der Waals surface area contributed by atoms with Crippen LogP contribution in [0.25, 0.3) is 0 Å². The summed E-state index contributed by atoms with van der Waals surface area (Å²) in [6.07, 6.45) is -1.64. The monoisotopic (exact) mass is 2310 g/mol. The number of ether oxygens (including phenoxy) is 6. The van der Waals surface area contributed by atoms with Gasteiger partial charge < -0.3 is 73.8 Å². The van der Waals surface area contributed by atoms with Gasteiger partial charge in [-0.2, -0.15) is 0 Å². The van der Waals surface area contributed by atoms with Gasteiger partial charge in [0.05, 0.1) is 151 Å². The van der Waals surface area contributed by atoms with Crippen LogP contribution in [0.3, 0.4) is 0 Å². The summed E-state index contributed by atoms with van der Waals surface area (Å²) in [4.78, 5) is 151. The summed E-state index contributed by atoms with van der Waals surface area (Å²) in [5.41, 5.74) is 1.56. The lowest BCUT2D eigenvalue weighted by Crippen LogP contribution is -2.64. The summed E-state index contributed by atoms with van der Waals surface area (Å²) >= 11 is 18.2. The Hall–Kier alpha value is -1.38. The third-order valence-corrected chi connectivity index (χ3v) is 26.1. The molecule has 3 aromatic carbocycles. The van der Waals surface area contributed by atoms with Crippen molar-refractivity contribution in [3.8, 4) is 0 Å². The van der Waals surface area contributed by atoms with E-state index in [-0.39, 0.29) is 184 Å². The van der Waals surface area contributed by atoms with E-state index >= 15 is 14.4 Å². The van der Waals surface area contributed by atoms with Crippen LogP contribution in [0.2, 0.25) is 0 Å². The Morgan fingerprint density at radius 2 is 0.447 bits per heavy atom. The molecule has 0 radical (unpaired) electrons. The molecular weight excluding hydrogens is 2250 g/mol. The SMILES string of the molecule is CCN(C(=O)Nc1c(I)c(C(=O)N2CCOCC2)c(I)c(C(=O)N2CCOCC2)c1I)C(N(CC)C(=O)Nc1c(I)c(C(=O)N2CCOCC2)c(I)c(C(=O)N2CCOCC2)c1I)N(CC)C(=O)Nc1c(I)c(C(=O)N2CCOCC2)c(I)c(C(=O)N2CCOCC2)c1I. The molecule has 0 bridgehead atoms. The highest BCUT2D eigenvalue weighted by molar-refractivity contribution is 14.1. The van der Waals surface area contributed by atoms with Gasteiger partial charge in [0.15, 0.2) is 6.29 Å². The molecule has 6 fully saturated rings. The molecule has 0 spiro atoms. The first-order valence-electron chi connectivity index (χ1n) is 30.2. The van der Waals surface area contributed by atoms with E-state index in [1.807, 2.05) is 203 Å². The Labute approximate surface area is 666 Å². The van der Waals surface area contributed by atoms with Crippen molar-refractivity contribution in [2.24, 2.45) is 0 Å². The van der Waals surface area contributed by atoms with Crippen LogP contribution in [0.1, 0.15) is 82.9 Å². The van der Waals surface area contributed by atoms with Gasteiger partial charge in [-0.3, -0.25) is 43.5 Å². The molecule has 0 aromatic heterocycles. The molecule has 6 heterocycles. The van der Waals surface area contributed by atoms with E-state index in [2.05, 4.69) is 16.0 Å². The summed E-state index contributed by atoms with van der Waals surface area (Å²) in [5, 5.41) is 9.22. The van der Waals surface area contributed by atoms with E-state index in [9.17, 15) is 28.8 Å². The van der Waals surface area contributed by atoms with Gasteiger partial charge in [0, 0.05) is 109 Å². The molecule has 6 saturated heterocycles. The Bertz CT molecular complexity index is 2930. The number of anilines is 3. The predicted octanol–water partition coefficient (Wildman–Crippen LogP) is 8.21. The summed E-state index contributed by atoms with van der Waals surface area (Å²) in [6, 6.07) is -2.54. The molecule has 94 heavy (non-hydrogen) atoms. The first-order chi connectivity index (χ1) is 45.1. The molecule has 0 atom stereocenters. The topological polar surface area (TPSA) is 274 Å². The van der Waals surface area contributed by atoms with Crippen LogP contribution in [0.15, 0.2) is 0 Å². The molecule has 512 valence electrons. The molecule has 0 unspecified atom stereocenters. The lowest BCUT2D eigenvalue weighted by atomic mass is 10.1. The fraction of sp³-hybridized carbons (Fsp3) is 0.534. The van der Waals surface area contributed by atoms with Crippen LogP contribution < -0.4 is 16.0 Å². The lowest BCUT2D eigenvalue weighted by molar-refractivity contribution is 0.0104. The molecule has 12 amide bonds. The average Bonchev–Trinajstić information content (AvgIpc) is 0.769. The largest absolute Gasteiger partial charge is 0.378 e. The van der Waals surface area contributed by atoms with E-state index in [0.717, 1.165) is 0 Å². The highest BCUT2D eigenvalue weighted by Gasteiger charge is 2.43. The third kappa shape index (κ3) is 16.7. The summed E-state index contributed by atoms with van der Waals surface area (Å²) in [5.74, 6) is -2.24. The highest BCUT2D eigenvalue weighted by atomic mass is 127. The first kappa shape index (κ1) is 76.8. The molecule has 0 aliphatic carbocycles. The van der Waals surface area contributed by atoms with Crippen LogP contribution in [0.5, 0.6) is 0 Å². The van der Waals surface area contributed by atoms with Crippen molar-refractivity contribution in [2.45, 2.75) is 27.1 Å². The van der Waals surface area contributed by atoms with Crippen molar-refractivity contribution in [3.05, 3.63) is 65.5 Å². The minimum atomic E-state index is -1.64. The molecule has 27 nitrogen and oxygen atoms in total. The summed E-state index contributed by atoms with van der Waals surface area (Å²) in [6.45, 7) is 11.5. The molecule has 36 heteroatoms. The second kappa shape index (κ2) is 35.5. The smallest absolute Gasteiger partial charge is 0.324 e. The fourth-order valence-electron chi connectivity index (χ4n) is 11.3. The Kier molecular flexibility index (Phi) is 29.0. The normalized spacial score (nSPS) is 17.2. The van der Waals surface area contributed by atoms with E-state index in [1.165, 1.54) is 14.7 Å². The van der Waals surface area contributed by atoms with Gasteiger partial charge in [-0.25, -0.2) is 14.4 Å². The van der Waals surface area contributed by atoms with Crippen LogP contribution in [-0.4, -0.2) is 281 Å². The van der Waals surface area contributed by atoms with Crippen LogP contribution in [0, 0.1) is 32.1 Å². The Morgan fingerprint density at radius 1 is 0.298 bits per heavy atom. The number of urea groups is 3. The number of halogens is 9. The molecule has 0 saturated carbocycles. The number of amides is 12. The predicted molar refractivity (Wildman–Crippen MR) is 422 cm³/mol. The summed E-state index contributed by atoms with van der Waals surface area (Å²) in [7, 11) is 0. The van der Waals surface area contributed by atoms with Gasteiger partial charge >= 0.3 is 18.1 Å². The van der Waals surface area contributed by atoms with Gasteiger partial charge in [0.1, 0.15) is 0 Å². The maximum atomic E-state index is 16.0. The second-order valence-corrected chi connectivity index (χ2v) is 31.3. The van der Waals surface area contributed by atoms with E-state index in [4.69, 9.17) is 28.4 Å². The number of hydrogen-bond acceptors (Lipinski definition) is 15. The number of carbonyl (C=O) groups is 9. The molecule has 9 rings (SSSR count). The number of rotatable bonds is 15. The van der Waals surface area contributed by atoms with Gasteiger partial charge in [-0.15, -0.1) is 0 Å². The van der Waals surface area contributed by atoms with Crippen molar-refractivity contribution in [1.29, 1.82) is 0 Å². The minimum Gasteiger partial charge on any atom is -0.378 e. The molecule has 6 aliphatic heterocycles. The minimum absolute atomic E-state index is 0.132. The van der Waals surface area contributed by atoms with Crippen LogP contribution >= 0.6 is 203 Å². The van der Waals surface area contributed by atoms with Gasteiger partial charge in [0.25, 0.3) is 35.4 Å². The van der Waals surface area contributed by atoms with Crippen molar-refractivity contribution in [3.63, 3.8) is 0 Å². The number of hydrogen-bond donors (Lipinski definition) is 3. The number of nitrogens with one attached hydrogen (secondary N) is 3. The first-order valence-corrected chi connectivity index (χ1v) is 39.9. The summed E-state index contributed by atoms with van der Waals surface area (Å²) < 4.78 is 36.8. The zero-order chi connectivity index (χ0) is 67.8. The number of benzene rings is 3. The quantitative estimate of drug-likeness (QED) is 0.0955. The number of carbonyl (C=O) groups excluding carboxylic acids is 9. The van der Waals surface area contributed by atoms with E-state index in [0.29, 0.717) is 111 Å². The van der Waals surface area contributed by atoms with Crippen molar-refractivity contribution in [2.75, 3.05) is 193 Å². The van der Waals surface area contributed by atoms with Crippen molar-refractivity contribution in [1.82, 2.24) is 44.1 Å². The maximum Gasteiger partial charge on any atom is 0.324 e. The zero-order valence-electron chi connectivity index (χ0n) is 51.2. The molecule has 3 N–H and O–H groups in total. The van der Waals surface area contributed by atoms with Crippen molar-refractivity contribution >= 4 is 274 Å². The highest BCUT2D eigenvalue weighted by Crippen LogP contribution is 2.42. The number of morpholine rings is 6. The fourth-order valence-corrected chi connectivity index (χ4v) is 24.3. The van der Waals surface area contributed by atoms with Crippen LogP contribution in [-0.2, 0) is 28.4 Å².